The van der Waals surface area contributed by atoms with E-state index in [-0.39, 0.29) is 5.25 Å². The van der Waals surface area contributed by atoms with Crippen LogP contribution in [-0.4, -0.2) is 30.2 Å². The summed E-state index contributed by atoms with van der Waals surface area (Å²) in [7, 11) is 0. The fraction of sp³-hybridized carbons (Fsp3) is 0.462. The van der Waals surface area contributed by atoms with Gasteiger partial charge in [0.25, 0.3) is 5.22 Å². The number of nitrogens with zero attached hydrogens (tertiary/aromatic N) is 6. The lowest BCUT2D eigenvalue weighted by molar-refractivity contribution is 0.487. The number of fused-ring (bicyclic) bond motifs is 1. The zero-order valence-corrected chi connectivity index (χ0v) is 12.5. The van der Waals surface area contributed by atoms with Crippen molar-refractivity contribution in [1.29, 1.82) is 0 Å². The minimum absolute atomic E-state index is 0.0785. The number of oxazole rings is 1. The molecule has 1 saturated carbocycles. The molecule has 8 heteroatoms. The molecule has 0 bridgehead atoms. The highest BCUT2D eigenvalue weighted by Gasteiger charge is 2.30. The Balaban J connectivity index is 1.59. The first-order chi connectivity index (χ1) is 10.2. The van der Waals surface area contributed by atoms with Crippen LogP contribution in [-0.2, 0) is 0 Å². The van der Waals surface area contributed by atoms with E-state index in [0.29, 0.717) is 22.5 Å². The molecule has 0 saturated heterocycles. The molecule has 7 nitrogen and oxygen atoms in total. The number of aryl methyl sites for hydroxylation is 1. The molecule has 0 aromatic carbocycles. The average molecular weight is 302 g/mol. The molecule has 108 valence electrons. The van der Waals surface area contributed by atoms with Gasteiger partial charge in [-0.15, -0.1) is 5.10 Å². The summed E-state index contributed by atoms with van der Waals surface area (Å²) in [6.45, 7) is 4.00. The van der Waals surface area contributed by atoms with E-state index < -0.39 is 0 Å². The van der Waals surface area contributed by atoms with Crippen LogP contribution in [0.15, 0.2) is 21.8 Å². The number of pyridine rings is 1. The van der Waals surface area contributed by atoms with Gasteiger partial charge in [0, 0.05) is 5.69 Å². The summed E-state index contributed by atoms with van der Waals surface area (Å²) in [6.07, 6.45) is 2.31. The van der Waals surface area contributed by atoms with E-state index in [2.05, 4.69) is 32.4 Å². The fourth-order valence-electron chi connectivity index (χ4n) is 2.20. The van der Waals surface area contributed by atoms with Crippen molar-refractivity contribution in [2.45, 2.75) is 43.2 Å². The monoisotopic (exact) mass is 302 g/mol. The lowest BCUT2D eigenvalue weighted by Crippen LogP contribution is -2.05. The summed E-state index contributed by atoms with van der Waals surface area (Å²) in [5, 5.41) is 12.7. The number of tetrazole rings is 1. The fourth-order valence-corrected chi connectivity index (χ4v) is 3.04. The molecule has 3 aromatic heterocycles. The van der Waals surface area contributed by atoms with Crippen LogP contribution in [0.5, 0.6) is 0 Å². The first kappa shape index (κ1) is 12.8. The van der Waals surface area contributed by atoms with Gasteiger partial charge in [0.15, 0.2) is 17.1 Å². The van der Waals surface area contributed by atoms with E-state index in [0.717, 1.165) is 24.4 Å². The number of rotatable bonds is 4. The Bertz CT molecular complexity index is 793. The summed E-state index contributed by atoms with van der Waals surface area (Å²) < 4.78 is 7.64. The van der Waals surface area contributed by atoms with E-state index in [1.165, 1.54) is 11.8 Å². The van der Waals surface area contributed by atoms with Crippen LogP contribution in [0.4, 0.5) is 0 Å². The van der Waals surface area contributed by atoms with Gasteiger partial charge >= 0.3 is 0 Å². The Kier molecular flexibility index (Phi) is 2.91. The van der Waals surface area contributed by atoms with Crippen LogP contribution in [0.25, 0.3) is 11.2 Å². The van der Waals surface area contributed by atoms with E-state index in [9.17, 15) is 0 Å². The first-order valence-corrected chi connectivity index (χ1v) is 7.77. The molecule has 1 atom stereocenters. The predicted molar refractivity (Wildman–Crippen MR) is 76.9 cm³/mol. The second-order valence-corrected chi connectivity index (χ2v) is 6.52. The number of hydrogen-bond donors (Lipinski definition) is 0. The third-order valence-electron chi connectivity index (χ3n) is 3.43. The third-order valence-corrected chi connectivity index (χ3v) is 4.37. The largest absolute Gasteiger partial charge is 0.430 e. The lowest BCUT2D eigenvalue weighted by Gasteiger charge is -2.07. The van der Waals surface area contributed by atoms with E-state index in [4.69, 9.17) is 4.42 Å². The SMILES string of the molecule is Cc1ccc2oc(SC(C)c3nnnn3C3CC3)nc2n1. The topological polar surface area (TPSA) is 82.5 Å². The lowest BCUT2D eigenvalue weighted by atomic mass is 10.4. The van der Waals surface area contributed by atoms with Gasteiger partial charge in [0.2, 0.25) is 0 Å². The minimum Gasteiger partial charge on any atom is -0.430 e. The summed E-state index contributed by atoms with van der Waals surface area (Å²) in [6, 6.07) is 4.28. The van der Waals surface area contributed by atoms with Crippen LogP contribution >= 0.6 is 11.8 Å². The van der Waals surface area contributed by atoms with Crippen LogP contribution < -0.4 is 0 Å². The maximum absolute atomic E-state index is 5.72. The molecule has 4 rings (SSSR count). The molecule has 0 radical (unpaired) electrons. The van der Waals surface area contributed by atoms with Crippen molar-refractivity contribution < 1.29 is 4.42 Å². The van der Waals surface area contributed by atoms with E-state index >= 15 is 0 Å². The quantitative estimate of drug-likeness (QED) is 0.685. The van der Waals surface area contributed by atoms with Crippen molar-refractivity contribution in [3.63, 3.8) is 0 Å². The van der Waals surface area contributed by atoms with E-state index in [1.807, 2.05) is 23.7 Å². The van der Waals surface area contributed by atoms with Crippen LogP contribution in [0, 0.1) is 6.92 Å². The van der Waals surface area contributed by atoms with Crippen LogP contribution in [0.3, 0.4) is 0 Å². The molecule has 0 amide bonds. The van der Waals surface area contributed by atoms with Crippen molar-refractivity contribution in [3.8, 4) is 0 Å². The normalized spacial score (nSPS) is 16.5. The molecule has 1 aliphatic rings. The molecule has 0 N–H and O–H groups in total. The molecule has 21 heavy (non-hydrogen) atoms. The molecule has 0 aliphatic heterocycles. The van der Waals surface area contributed by atoms with Gasteiger partial charge in [-0.2, -0.15) is 4.98 Å². The standard InChI is InChI=1S/C13H14N6OS/c1-7-3-6-10-11(14-7)15-13(20-10)21-8(2)12-16-17-18-19(12)9-4-5-9/h3,6,8-9H,4-5H2,1-2H3. The third kappa shape index (κ3) is 2.39. The van der Waals surface area contributed by atoms with Gasteiger partial charge in [0.05, 0.1) is 11.3 Å². The highest BCUT2D eigenvalue weighted by molar-refractivity contribution is 7.99. The van der Waals surface area contributed by atoms with Gasteiger partial charge < -0.3 is 4.42 Å². The second kappa shape index (κ2) is 4.80. The van der Waals surface area contributed by atoms with Crippen molar-refractivity contribution in [2.24, 2.45) is 0 Å². The maximum atomic E-state index is 5.72. The summed E-state index contributed by atoms with van der Waals surface area (Å²) in [5.74, 6) is 0.869. The van der Waals surface area contributed by atoms with Crippen LogP contribution in [0.1, 0.15) is 42.6 Å². The molecule has 3 aromatic rings. The Hall–Kier alpha value is -1.96. The molecular formula is C13H14N6OS. The van der Waals surface area contributed by atoms with E-state index in [1.54, 1.807) is 0 Å². The Morgan fingerprint density at radius 2 is 2.19 bits per heavy atom. The Morgan fingerprint density at radius 1 is 1.33 bits per heavy atom. The summed E-state index contributed by atoms with van der Waals surface area (Å²) in [5.41, 5.74) is 2.28. The number of hydrogen-bond acceptors (Lipinski definition) is 7. The Morgan fingerprint density at radius 3 is 3.00 bits per heavy atom. The van der Waals surface area contributed by atoms with Crippen molar-refractivity contribution >= 4 is 23.0 Å². The van der Waals surface area contributed by atoms with Gasteiger partial charge in [-0.05, 0) is 49.2 Å². The van der Waals surface area contributed by atoms with Gasteiger partial charge in [-0.1, -0.05) is 11.8 Å². The zero-order chi connectivity index (χ0) is 14.4. The maximum Gasteiger partial charge on any atom is 0.259 e. The first-order valence-electron chi connectivity index (χ1n) is 6.89. The minimum atomic E-state index is 0.0785. The molecular weight excluding hydrogens is 288 g/mol. The average Bonchev–Trinajstić information content (AvgIpc) is 3.04. The summed E-state index contributed by atoms with van der Waals surface area (Å²) >= 11 is 1.51. The second-order valence-electron chi connectivity index (χ2n) is 5.23. The van der Waals surface area contributed by atoms with Crippen molar-refractivity contribution in [2.75, 3.05) is 0 Å². The van der Waals surface area contributed by atoms with Gasteiger partial charge in [0.1, 0.15) is 0 Å². The van der Waals surface area contributed by atoms with Crippen molar-refractivity contribution in [3.05, 3.63) is 23.7 Å². The molecule has 1 unspecified atom stereocenters. The smallest absolute Gasteiger partial charge is 0.259 e. The molecule has 0 spiro atoms. The van der Waals surface area contributed by atoms with Gasteiger partial charge in [-0.3, -0.25) is 0 Å². The number of aromatic nitrogens is 6. The summed E-state index contributed by atoms with van der Waals surface area (Å²) in [4.78, 5) is 8.78. The highest BCUT2D eigenvalue weighted by atomic mass is 32.2. The zero-order valence-electron chi connectivity index (χ0n) is 11.7. The molecule has 1 aliphatic carbocycles. The van der Waals surface area contributed by atoms with Gasteiger partial charge in [-0.25, -0.2) is 9.67 Å². The predicted octanol–water partition coefficient (Wildman–Crippen LogP) is 2.71. The highest BCUT2D eigenvalue weighted by Crippen LogP contribution is 2.39. The Labute approximate surface area is 125 Å². The van der Waals surface area contributed by atoms with Crippen molar-refractivity contribution in [1.82, 2.24) is 30.2 Å². The molecule has 3 heterocycles. The number of thioether (sulfide) groups is 1. The van der Waals surface area contributed by atoms with Crippen LogP contribution in [0.2, 0.25) is 0 Å². The molecule has 1 fully saturated rings.